The fourth-order valence-corrected chi connectivity index (χ4v) is 14.3. The second kappa shape index (κ2) is 19.4. The Labute approximate surface area is 393 Å². The van der Waals surface area contributed by atoms with Gasteiger partial charge < -0.3 is 20.4 Å². The van der Waals surface area contributed by atoms with Crippen molar-refractivity contribution in [3.05, 3.63) is 29.3 Å². The molecule has 1 aromatic rings. The van der Waals surface area contributed by atoms with Crippen LogP contribution in [0.5, 0.6) is 0 Å². The van der Waals surface area contributed by atoms with Crippen molar-refractivity contribution in [2.45, 2.75) is 158 Å². The highest BCUT2D eigenvalue weighted by molar-refractivity contribution is 7.98. The van der Waals surface area contributed by atoms with E-state index in [9.17, 15) is 28.8 Å². The van der Waals surface area contributed by atoms with Crippen LogP contribution in [0.1, 0.15) is 130 Å². The molecule has 8 fully saturated rings. The molecule has 0 radical (unpaired) electrons. The van der Waals surface area contributed by atoms with Crippen molar-refractivity contribution in [1.82, 2.24) is 45.6 Å². The number of hydrogen-bond acceptors (Lipinski definition) is 14. The van der Waals surface area contributed by atoms with Crippen LogP contribution in [0.2, 0.25) is 0 Å². The summed E-state index contributed by atoms with van der Waals surface area (Å²) in [6.45, 7) is 9.39. The number of amides is 6. The zero-order chi connectivity index (χ0) is 45.7. The Bertz CT molecular complexity index is 2040. The monoisotopic (exact) mass is 930 g/mol. The van der Waals surface area contributed by atoms with Gasteiger partial charge >= 0.3 is 0 Å². The lowest BCUT2D eigenvalue weighted by molar-refractivity contribution is -0.142. The van der Waals surface area contributed by atoms with Crippen molar-refractivity contribution >= 4 is 53.1 Å². The SMILES string of the molecule is CC1CC(NC2NC(N3CCC[C@@H](N4CCC5(CCN(CC6CCN(c7ccc8c(c7)C(=O)N([C@H]7CCC(=O)NC7=O)C8=O)CC6)CC5)C4=O)C3)C(C3CCCCCC3)NC2C(N)=O)SN1. The maximum atomic E-state index is 14.6. The van der Waals surface area contributed by atoms with Crippen LogP contribution in [0, 0.1) is 17.3 Å². The van der Waals surface area contributed by atoms with E-state index in [1.165, 1.54) is 25.7 Å². The molecule has 18 heteroatoms. The van der Waals surface area contributed by atoms with Crippen molar-refractivity contribution in [3.63, 3.8) is 0 Å². The minimum Gasteiger partial charge on any atom is -0.371 e. The number of anilines is 1. The molecule has 9 aliphatic rings. The van der Waals surface area contributed by atoms with Crippen LogP contribution < -0.4 is 36.6 Å². The van der Waals surface area contributed by atoms with Crippen LogP contribution in [0.4, 0.5) is 5.69 Å². The molecular weight excluding hydrogens is 859 g/mol. The van der Waals surface area contributed by atoms with Gasteiger partial charge in [-0.3, -0.25) is 64.6 Å². The fourth-order valence-electron chi connectivity index (χ4n) is 13.2. The summed E-state index contributed by atoms with van der Waals surface area (Å²) in [7, 11) is 0. The molecule has 6 amide bonds. The zero-order valence-electron chi connectivity index (χ0n) is 38.6. The van der Waals surface area contributed by atoms with Crippen LogP contribution in [0.3, 0.4) is 0 Å². The summed E-state index contributed by atoms with van der Waals surface area (Å²) in [5.41, 5.74) is 7.37. The fraction of sp³-hybridized carbons (Fsp3) is 0.750. The number of fused-ring (bicyclic) bond motifs is 1. The van der Waals surface area contributed by atoms with E-state index in [2.05, 4.69) is 52.5 Å². The van der Waals surface area contributed by atoms with Crippen molar-refractivity contribution in [2.24, 2.45) is 23.0 Å². The number of primary amides is 1. The summed E-state index contributed by atoms with van der Waals surface area (Å²) in [6.07, 6.45) is 15.0. The van der Waals surface area contributed by atoms with E-state index in [0.29, 0.717) is 34.9 Å². The molecule has 8 atom stereocenters. The Morgan fingerprint density at radius 3 is 2.30 bits per heavy atom. The maximum absolute atomic E-state index is 14.6. The first-order valence-corrected chi connectivity index (χ1v) is 26.2. The average Bonchev–Trinajstić information content (AvgIpc) is 3.84. The summed E-state index contributed by atoms with van der Waals surface area (Å²) in [6, 6.07) is 4.58. The largest absolute Gasteiger partial charge is 0.371 e. The highest BCUT2D eigenvalue weighted by Gasteiger charge is 2.52. The number of rotatable bonds is 10. The molecule has 1 spiro atoms. The van der Waals surface area contributed by atoms with Gasteiger partial charge in [0.2, 0.25) is 23.6 Å². The number of piperidine rings is 4. The molecule has 8 heterocycles. The summed E-state index contributed by atoms with van der Waals surface area (Å²) in [5, 5.41) is 14.0. The van der Waals surface area contributed by atoms with Gasteiger partial charge in [-0.15, -0.1) is 0 Å². The van der Waals surface area contributed by atoms with Gasteiger partial charge in [0.25, 0.3) is 11.8 Å². The number of carbonyl (C=O) groups excluding carboxylic acids is 6. The van der Waals surface area contributed by atoms with Gasteiger partial charge in [-0.25, -0.2) is 0 Å². The Balaban J connectivity index is 0.727. The lowest BCUT2D eigenvalue weighted by Crippen LogP contribution is -2.78. The van der Waals surface area contributed by atoms with Crippen molar-refractivity contribution < 1.29 is 28.8 Å². The van der Waals surface area contributed by atoms with Gasteiger partial charge in [0.1, 0.15) is 12.1 Å². The number of nitrogens with one attached hydrogen (secondary N) is 5. The van der Waals surface area contributed by atoms with Crippen molar-refractivity contribution in [3.8, 4) is 0 Å². The number of likely N-dealkylation sites (tertiary alicyclic amines) is 3. The lowest BCUT2D eigenvalue weighted by Gasteiger charge is -2.52. The summed E-state index contributed by atoms with van der Waals surface area (Å²) in [5.74, 6) is -0.917. The number of imide groups is 2. The summed E-state index contributed by atoms with van der Waals surface area (Å²) < 4.78 is 3.46. The second-order valence-corrected chi connectivity index (χ2v) is 22.2. The summed E-state index contributed by atoms with van der Waals surface area (Å²) >= 11 is 1.69. The van der Waals surface area contributed by atoms with E-state index in [0.717, 1.165) is 127 Å². The summed E-state index contributed by atoms with van der Waals surface area (Å²) in [4.78, 5) is 89.3. The van der Waals surface area contributed by atoms with Crippen LogP contribution in [-0.2, 0) is 19.2 Å². The van der Waals surface area contributed by atoms with E-state index in [-0.39, 0.29) is 59.9 Å². The predicted octanol–water partition coefficient (Wildman–Crippen LogP) is 2.07. The molecule has 1 aliphatic carbocycles. The van der Waals surface area contributed by atoms with Crippen molar-refractivity contribution in [1.29, 1.82) is 0 Å². The van der Waals surface area contributed by atoms with E-state index < -0.39 is 29.8 Å². The highest BCUT2D eigenvalue weighted by atomic mass is 32.2. The Hall–Kier alpha value is -3.65. The zero-order valence-corrected chi connectivity index (χ0v) is 39.5. The first kappa shape index (κ1) is 46.1. The molecule has 10 rings (SSSR count). The molecular formula is C48H71N11O6S. The number of hydrogen-bond donors (Lipinski definition) is 6. The van der Waals surface area contributed by atoms with Gasteiger partial charge in [0.05, 0.1) is 34.2 Å². The van der Waals surface area contributed by atoms with Crippen LogP contribution in [0.25, 0.3) is 0 Å². The Morgan fingerprint density at radius 1 is 0.848 bits per heavy atom. The average molecular weight is 930 g/mol. The number of nitrogens with two attached hydrogens (primary N) is 1. The molecule has 7 saturated heterocycles. The number of carbonyl (C=O) groups is 6. The molecule has 17 nitrogen and oxygen atoms in total. The number of nitrogens with zero attached hydrogens (tertiary/aromatic N) is 5. The third-order valence-corrected chi connectivity index (χ3v) is 18.1. The second-order valence-electron chi connectivity index (χ2n) is 21.2. The van der Waals surface area contributed by atoms with Gasteiger partial charge in [0.15, 0.2) is 0 Å². The molecule has 360 valence electrons. The standard InChI is InChI=1S/C48H71N11O6S/c1-29-25-38(66-54-29)51-42-40(41(49)61)52-39(31-7-4-2-3-5-8-31)43(53-42)57-19-6-9-33(28-57)58-24-18-48(47(58)65)16-22-55(23-17-48)27-30-14-20-56(21-15-30)32-10-11-34-35(26-32)46(64)59(45(34)63)36-12-13-37(60)50-44(36)62/h10-11,26,29-31,33,36,38-40,42-43,51-54H,2-9,12-25,27-28H2,1H3,(H2,49,61)(H,50,60,62)/t29?,33-,36+,38?,39?,40?,42?,43?/m1/s1. The van der Waals surface area contributed by atoms with Gasteiger partial charge in [-0.2, -0.15) is 0 Å². The van der Waals surface area contributed by atoms with Crippen LogP contribution >= 0.6 is 11.9 Å². The van der Waals surface area contributed by atoms with Crippen molar-refractivity contribution in [2.75, 3.05) is 57.3 Å². The topological polar surface area (TPSA) is 205 Å². The lowest BCUT2D eigenvalue weighted by atomic mass is 9.76. The predicted molar refractivity (Wildman–Crippen MR) is 251 cm³/mol. The minimum atomic E-state index is -0.973. The quantitative estimate of drug-likeness (QED) is 0.113. The highest BCUT2D eigenvalue weighted by Crippen LogP contribution is 2.44. The van der Waals surface area contributed by atoms with Crippen LogP contribution in [0.15, 0.2) is 18.2 Å². The van der Waals surface area contributed by atoms with E-state index in [1.54, 1.807) is 24.1 Å². The molecule has 0 aromatic heterocycles. The smallest absolute Gasteiger partial charge is 0.262 e. The maximum Gasteiger partial charge on any atom is 0.262 e. The molecule has 6 unspecified atom stereocenters. The first-order valence-electron chi connectivity index (χ1n) is 25.3. The molecule has 7 N–H and O–H groups in total. The first-order chi connectivity index (χ1) is 31.9. The number of piperazine rings is 1. The molecule has 8 aliphatic heterocycles. The van der Waals surface area contributed by atoms with E-state index in [1.807, 2.05) is 6.07 Å². The van der Waals surface area contributed by atoms with Gasteiger partial charge in [0, 0.05) is 63.0 Å². The Morgan fingerprint density at radius 2 is 1.59 bits per heavy atom. The van der Waals surface area contributed by atoms with Gasteiger partial charge in [-0.05, 0) is 127 Å². The molecule has 1 aromatic carbocycles. The Kier molecular flexibility index (Phi) is 13.5. The molecule has 0 bridgehead atoms. The molecule has 1 saturated carbocycles. The van der Waals surface area contributed by atoms with Gasteiger partial charge in [-0.1, -0.05) is 37.6 Å². The van der Waals surface area contributed by atoms with Crippen LogP contribution in [-0.4, -0.2) is 155 Å². The van der Waals surface area contributed by atoms with E-state index in [4.69, 9.17) is 5.73 Å². The third kappa shape index (κ3) is 9.16. The minimum absolute atomic E-state index is 0.0312. The molecule has 66 heavy (non-hydrogen) atoms. The normalized spacial score (nSPS) is 34.3. The third-order valence-electron chi connectivity index (χ3n) is 17.0. The van der Waals surface area contributed by atoms with E-state index >= 15 is 0 Å². The number of benzene rings is 1.